The summed E-state index contributed by atoms with van der Waals surface area (Å²) in [5, 5.41) is 1.44. The molecule has 2 aromatic carbocycles. The van der Waals surface area contributed by atoms with Crippen molar-refractivity contribution in [3.8, 4) is 0 Å². The highest BCUT2D eigenvalue weighted by atomic mass is 35.5. The van der Waals surface area contributed by atoms with Gasteiger partial charge in [-0.3, -0.25) is 14.1 Å². The fourth-order valence-corrected chi connectivity index (χ4v) is 4.73. The minimum absolute atomic E-state index is 0.00537. The molecule has 11 nitrogen and oxygen atoms in total. The Balaban J connectivity index is 0.000000336. The number of hydrogen-bond acceptors (Lipinski definition) is 9. The van der Waals surface area contributed by atoms with E-state index in [2.05, 4.69) is 0 Å². The number of ether oxygens (including phenoxy) is 2. The Hall–Kier alpha value is -3.82. The smallest absolute Gasteiger partial charge is 0.326 e. The number of esters is 1. The van der Waals surface area contributed by atoms with Crippen molar-refractivity contribution >= 4 is 68.0 Å². The van der Waals surface area contributed by atoms with Crippen LogP contribution in [0.2, 0.25) is 5.02 Å². The summed E-state index contributed by atoms with van der Waals surface area (Å²) in [5.41, 5.74) is 11.7. The van der Waals surface area contributed by atoms with Crippen LogP contribution < -0.4 is 16.4 Å². The second-order valence-corrected chi connectivity index (χ2v) is 11.0. The largest absolute Gasteiger partial charge is 0.455 e. The Kier molecular flexibility index (Phi) is 9.65. The van der Waals surface area contributed by atoms with E-state index in [4.69, 9.17) is 37.1 Å². The zero-order valence-electron chi connectivity index (χ0n) is 21.0. The minimum atomic E-state index is -4.02. The van der Waals surface area contributed by atoms with Crippen molar-refractivity contribution < 1.29 is 41.2 Å². The van der Waals surface area contributed by atoms with Crippen molar-refractivity contribution in [3.63, 3.8) is 0 Å². The van der Waals surface area contributed by atoms with E-state index < -0.39 is 46.7 Å². The van der Waals surface area contributed by atoms with Gasteiger partial charge in [-0.25, -0.2) is 14.1 Å². The van der Waals surface area contributed by atoms with E-state index in [1.807, 2.05) is 6.92 Å². The molecule has 1 aliphatic heterocycles. The van der Waals surface area contributed by atoms with E-state index >= 15 is 0 Å². The molecule has 0 radical (unpaired) electrons. The summed E-state index contributed by atoms with van der Waals surface area (Å²) in [6, 6.07) is 9.54. The molecular weight excluding hydrogens is 589 g/mol. The summed E-state index contributed by atoms with van der Waals surface area (Å²) in [6.07, 6.45) is 0. The topological polar surface area (TPSA) is 179 Å². The number of nitrogens with two attached hydrogens (primary N) is 2. The van der Waals surface area contributed by atoms with Crippen LogP contribution in [0.25, 0.3) is 11.3 Å². The van der Waals surface area contributed by atoms with Gasteiger partial charge in [0.2, 0.25) is 6.79 Å². The molecule has 3 amide bonds. The summed E-state index contributed by atoms with van der Waals surface area (Å²) in [4.78, 5) is 37.5. The van der Waals surface area contributed by atoms with Crippen molar-refractivity contribution in [2.45, 2.75) is 24.8 Å². The van der Waals surface area contributed by atoms with Gasteiger partial charge in [0, 0.05) is 5.56 Å². The van der Waals surface area contributed by atoms with E-state index in [-0.39, 0.29) is 32.5 Å². The van der Waals surface area contributed by atoms with Crippen molar-refractivity contribution in [3.05, 3.63) is 80.8 Å². The molecule has 4 rings (SSSR count). The molecule has 0 saturated carbocycles. The maximum atomic E-state index is 14.1. The standard InChI is InChI=1S/C18H15ClFN3O5S.C7H8O3S/c1-8(21)17(25)28-7-27-15(13-3-2-4-29-13)14-9-5-11(20)10(19)6-12(9)23(16(14)24)18(22)26;1-6-2-4-7(5-3-6)11(8,9)10/h2-6,8H,7,21H2,1H3,(H2,22,26);2-5H,1H3,(H,8,9,10)/b15-14+;/t8-;/m1./s1. The number of urea groups is 1. The van der Waals surface area contributed by atoms with Gasteiger partial charge in [0.05, 0.1) is 26.1 Å². The molecule has 1 aliphatic rings. The van der Waals surface area contributed by atoms with Crippen LogP contribution in [0.4, 0.5) is 14.9 Å². The average molecular weight is 612 g/mol. The Morgan fingerprint density at radius 3 is 2.35 bits per heavy atom. The third-order valence-corrected chi connectivity index (χ3v) is 7.28. The Morgan fingerprint density at radius 2 is 1.82 bits per heavy atom. The predicted octanol–water partition coefficient (Wildman–Crippen LogP) is 3.94. The Morgan fingerprint density at radius 1 is 1.18 bits per heavy atom. The van der Waals surface area contributed by atoms with Crippen LogP contribution in [0.5, 0.6) is 0 Å². The molecule has 0 unspecified atom stereocenters. The molecule has 40 heavy (non-hydrogen) atoms. The van der Waals surface area contributed by atoms with Gasteiger partial charge < -0.3 is 20.9 Å². The molecule has 15 heteroatoms. The van der Waals surface area contributed by atoms with Crippen LogP contribution in [-0.2, 0) is 29.2 Å². The van der Waals surface area contributed by atoms with Crippen molar-refractivity contribution in [1.29, 1.82) is 0 Å². The number of carbonyl (C=O) groups is 3. The van der Waals surface area contributed by atoms with Crippen LogP contribution >= 0.6 is 22.9 Å². The highest BCUT2D eigenvalue weighted by molar-refractivity contribution is 7.85. The second-order valence-electron chi connectivity index (χ2n) is 8.25. The SMILES string of the molecule is C[C@@H](N)C(=O)OCO/C(=C1/C(=O)N(C(N)=O)c2cc(Cl)c(F)cc21)c1cccs1.Cc1ccc(S(=O)(=O)O)cc1. The first kappa shape index (κ1) is 30.7. The number of carbonyl (C=O) groups excluding carboxylic acids is 3. The van der Waals surface area contributed by atoms with E-state index in [0.717, 1.165) is 17.7 Å². The van der Waals surface area contributed by atoms with Crippen LogP contribution in [0, 0.1) is 12.7 Å². The van der Waals surface area contributed by atoms with Gasteiger partial charge in [0.25, 0.3) is 16.0 Å². The maximum absolute atomic E-state index is 14.1. The maximum Gasteiger partial charge on any atom is 0.326 e. The van der Waals surface area contributed by atoms with E-state index in [9.17, 15) is 27.2 Å². The fraction of sp³-hybridized carbons (Fsp3) is 0.160. The number of primary amides is 1. The fourth-order valence-electron chi connectivity index (χ4n) is 3.36. The highest BCUT2D eigenvalue weighted by Gasteiger charge is 2.40. The lowest BCUT2D eigenvalue weighted by atomic mass is 10.0. The zero-order valence-corrected chi connectivity index (χ0v) is 23.3. The number of anilines is 1. The van der Waals surface area contributed by atoms with Crippen LogP contribution in [0.1, 0.15) is 22.9 Å². The first-order chi connectivity index (χ1) is 18.7. The summed E-state index contributed by atoms with van der Waals surface area (Å²) in [5.74, 6) is -2.34. The van der Waals surface area contributed by atoms with E-state index in [0.29, 0.717) is 9.78 Å². The molecular formula is C25H23ClFN3O8S2. The summed E-state index contributed by atoms with van der Waals surface area (Å²) in [6.45, 7) is 2.73. The van der Waals surface area contributed by atoms with E-state index in [1.54, 1.807) is 29.6 Å². The normalized spacial score (nSPS) is 14.6. The van der Waals surface area contributed by atoms with Gasteiger partial charge in [-0.2, -0.15) is 8.42 Å². The number of halogens is 2. The summed E-state index contributed by atoms with van der Waals surface area (Å²) >= 11 is 7.03. The number of rotatable bonds is 6. The lowest BCUT2D eigenvalue weighted by molar-refractivity contribution is -0.152. The number of amides is 3. The minimum Gasteiger partial charge on any atom is -0.455 e. The molecule has 2 heterocycles. The van der Waals surface area contributed by atoms with Gasteiger partial charge in [-0.15, -0.1) is 11.3 Å². The monoisotopic (exact) mass is 611 g/mol. The Bertz CT molecular complexity index is 1570. The number of aryl methyl sites for hydroxylation is 1. The molecule has 0 spiro atoms. The van der Waals surface area contributed by atoms with Crippen LogP contribution in [-0.4, -0.2) is 43.7 Å². The van der Waals surface area contributed by atoms with Crippen molar-refractivity contribution in [1.82, 2.24) is 0 Å². The molecule has 0 aliphatic carbocycles. The molecule has 3 aromatic rings. The summed E-state index contributed by atoms with van der Waals surface area (Å²) < 4.78 is 54.1. The van der Waals surface area contributed by atoms with Gasteiger partial charge in [-0.05, 0) is 49.6 Å². The van der Waals surface area contributed by atoms with Gasteiger partial charge in [0.15, 0.2) is 5.76 Å². The lowest BCUT2D eigenvalue weighted by Gasteiger charge is -2.14. The van der Waals surface area contributed by atoms with Gasteiger partial charge >= 0.3 is 12.0 Å². The molecule has 0 bridgehead atoms. The van der Waals surface area contributed by atoms with Crippen LogP contribution in [0.15, 0.2) is 58.8 Å². The quantitative estimate of drug-likeness (QED) is 0.122. The number of hydrogen-bond donors (Lipinski definition) is 3. The number of thiophene rings is 1. The molecule has 0 saturated heterocycles. The number of fused-ring (bicyclic) bond motifs is 1. The third kappa shape index (κ3) is 7.03. The molecule has 0 fully saturated rings. The van der Waals surface area contributed by atoms with Crippen molar-refractivity contribution in [2.75, 3.05) is 11.7 Å². The van der Waals surface area contributed by atoms with Crippen molar-refractivity contribution in [2.24, 2.45) is 11.5 Å². The van der Waals surface area contributed by atoms with E-state index in [1.165, 1.54) is 30.4 Å². The van der Waals surface area contributed by atoms with Gasteiger partial charge in [0.1, 0.15) is 11.9 Å². The number of benzene rings is 2. The third-order valence-electron chi connectivity index (χ3n) is 5.25. The van der Waals surface area contributed by atoms with Crippen LogP contribution in [0.3, 0.4) is 0 Å². The highest BCUT2D eigenvalue weighted by Crippen LogP contribution is 2.43. The first-order valence-corrected chi connectivity index (χ1v) is 13.9. The number of imide groups is 1. The molecule has 1 aromatic heterocycles. The number of nitrogens with zero attached hydrogens (tertiary/aromatic N) is 1. The average Bonchev–Trinajstić information content (AvgIpc) is 3.49. The molecule has 212 valence electrons. The van der Waals surface area contributed by atoms with Gasteiger partial charge in [-0.1, -0.05) is 35.4 Å². The second kappa shape index (κ2) is 12.6. The predicted molar refractivity (Wildman–Crippen MR) is 146 cm³/mol. The molecule has 1 atom stereocenters. The lowest BCUT2D eigenvalue weighted by Crippen LogP contribution is -2.38. The molecule has 5 N–H and O–H groups in total. The zero-order chi connectivity index (χ0) is 29.8. The Labute approximate surface area is 237 Å². The summed E-state index contributed by atoms with van der Waals surface area (Å²) in [7, 11) is -4.02. The first-order valence-electron chi connectivity index (χ1n) is 11.2.